The number of hydrogen-bond acceptors (Lipinski definition) is 10. The molecule has 0 saturated carbocycles. The fourth-order valence-electron chi connectivity index (χ4n) is 3.42. The van der Waals surface area contributed by atoms with Crippen LogP contribution in [0, 0.1) is 0 Å². The first-order chi connectivity index (χ1) is 14.9. The van der Waals surface area contributed by atoms with Crippen molar-refractivity contribution < 1.29 is 24.3 Å². The Hall–Kier alpha value is -3.84. The summed E-state index contributed by atoms with van der Waals surface area (Å²) in [5, 5.41) is 20.4. The number of hydrazine groups is 1. The summed E-state index contributed by atoms with van der Waals surface area (Å²) in [6.45, 7) is 0.246. The number of fused-ring (bicyclic) bond motifs is 1. The number of carbonyl (C=O) groups is 3. The molecular weight excluding hydrogens is 426 g/mol. The first-order valence-electron chi connectivity index (χ1n) is 9.00. The molecule has 0 aliphatic carbocycles. The van der Waals surface area contributed by atoms with E-state index in [-0.39, 0.29) is 35.3 Å². The number of thiazole rings is 1. The zero-order valence-electron chi connectivity index (χ0n) is 16.2. The molecule has 1 saturated heterocycles. The molecule has 160 valence electrons. The second kappa shape index (κ2) is 8.12. The van der Waals surface area contributed by atoms with Gasteiger partial charge in [-0.1, -0.05) is 11.2 Å². The second-order valence-corrected chi connectivity index (χ2v) is 7.45. The van der Waals surface area contributed by atoms with E-state index in [1.807, 2.05) is 0 Å². The van der Waals surface area contributed by atoms with Crippen LogP contribution in [0.1, 0.15) is 11.4 Å². The Kier molecular flexibility index (Phi) is 5.35. The van der Waals surface area contributed by atoms with Crippen LogP contribution in [0.5, 0.6) is 0 Å². The number of amides is 2. The highest BCUT2D eigenvalue weighted by atomic mass is 32.1. The minimum absolute atomic E-state index is 0.0805. The number of oxime groups is 1. The van der Waals surface area contributed by atoms with E-state index < -0.39 is 23.8 Å². The molecule has 0 radical (unpaired) electrons. The molecule has 31 heavy (non-hydrogen) atoms. The van der Waals surface area contributed by atoms with Gasteiger partial charge in [-0.2, -0.15) is 0 Å². The maximum absolute atomic E-state index is 13.0. The van der Waals surface area contributed by atoms with Crippen LogP contribution >= 0.6 is 11.3 Å². The van der Waals surface area contributed by atoms with E-state index >= 15 is 0 Å². The summed E-state index contributed by atoms with van der Waals surface area (Å²) in [5.41, 5.74) is 6.38. The fourth-order valence-corrected chi connectivity index (χ4v) is 3.97. The summed E-state index contributed by atoms with van der Waals surface area (Å²) >= 11 is 1.12. The Balaban J connectivity index is 1.57. The summed E-state index contributed by atoms with van der Waals surface area (Å²) < 4.78 is 0. The molecule has 1 atom stereocenters. The van der Waals surface area contributed by atoms with Crippen LogP contribution in [0.4, 0.5) is 5.13 Å². The molecule has 0 bridgehead atoms. The van der Waals surface area contributed by atoms with Gasteiger partial charge >= 0.3 is 5.97 Å². The van der Waals surface area contributed by atoms with Crippen LogP contribution in [0.3, 0.4) is 0 Å². The van der Waals surface area contributed by atoms with Crippen LogP contribution in [0.25, 0.3) is 5.57 Å². The second-order valence-electron chi connectivity index (χ2n) is 6.56. The van der Waals surface area contributed by atoms with E-state index in [0.29, 0.717) is 11.3 Å². The fraction of sp³-hybridized carbons (Fsp3) is 0.222. The average Bonchev–Trinajstić information content (AvgIpc) is 3.42. The number of nitrogens with two attached hydrogens (primary N) is 1. The molecule has 2 aliphatic rings. The lowest BCUT2D eigenvalue weighted by Gasteiger charge is -2.19. The quantitative estimate of drug-likeness (QED) is 0.395. The molecule has 2 amide bonds. The Bertz CT molecular complexity index is 1110. The van der Waals surface area contributed by atoms with Gasteiger partial charge in [0.25, 0.3) is 11.8 Å². The zero-order valence-corrected chi connectivity index (χ0v) is 17.0. The third kappa shape index (κ3) is 3.71. The van der Waals surface area contributed by atoms with Gasteiger partial charge in [-0.05, 0) is 12.1 Å². The lowest BCUT2D eigenvalue weighted by Crippen LogP contribution is -2.46. The largest absolute Gasteiger partial charge is 0.477 e. The predicted molar refractivity (Wildman–Crippen MR) is 109 cm³/mol. The van der Waals surface area contributed by atoms with E-state index in [4.69, 9.17) is 10.6 Å². The molecule has 1 fully saturated rings. The van der Waals surface area contributed by atoms with Crippen LogP contribution in [0.2, 0.25) is 0 Å². The molecule has 4 N–H and O–H groups in total. The summed E-state index contributed by atoms with van der Waals surface area (Å²) in [5.74, 6) is -2.53. The molecule has 2 aliphatic heterocycles. The molecule has 0 aromatic carbocycles. The third-order valence-electron chi connectivity index (χ3n) is 4.67. The predicted octanol–water partition coefficient (Wildman–Crippen LogP) is -0.476. The van der Waals surface area contributed by atoms with E-state index in [9.17, 15) is 19.5 Å². The molecule has 0 spiro atoms. The minimum Gasteiger partial charge on any atom is -0.477 e. The van der Waals surface area contributed by atoms with Gasteiger partial charge in [0.1, 0.15) is 18.8 Å². The van der Waals surface area contributed by atoms with Gasteiger partial charge in [0.05, 0.1) is 5.69 Å². The van der Waals surface area contributed by atoms with Crippen molar-refractivity contribution >= 4 is 45.5 Å². The minimum atomic E-state index is -1.26. The number of nitrogens with zero attached hydrogens (tertiary/aromatic N) is 5. The number of carboxylic acids is 1. The van der Waals surface area contributed by atoms with E-state index in [0.717, 1.165) is 16.3 Å². The summed E-state index contributed by atoms with van der Waals surface area (Å²) in [6.07, 6.45) is 1.55. The summed E-state index contributed by atoms with van der Waals surface area (Å²) in [6, 6.07) is 4.15. The molecule has 13 heteroatoms. The van der Waals surface area contributed by atoms with E-state index in [2.05, 4.69) is 20.4 Å². The first-order valence-corrected chi connectivity index (χ1v) is 9.88. The molecular formula is C18H17N7O5S. The number of hydrogen-bond donors (Lipinski definition) is 3. The van der Waals surface area contributed by atoms with Gasteiger partial charge in [0, 0.05) is 30.2 Å². The Labute approximate surface area is 179 Å². The number of pyridine rings is 1. The highest BCUT2D eigenvalue weighted by Gasteiger charge is 2.48. The number of carbonyl (C=O) groups excluding carboxylic acids is 2. The van der Waals surface area contributed by atoms with Crippen molar-refractivity contribution in [3.8, 4) is 0 Å². The van der Waals surface area contributed by atoms with Crippen LogP contribution in [-0.2, 0) is 19.2 Å². The van der Waals surface area contributed by atoms with E-state index in [1.165, 1.54) is 12.5 Å². The van der Waals surface area contributed by atoms with Crippen molar-refractivity contribution in [2.75, 3.05) is 25.9 Å². The summed E-state index contributed by atoms with van der Waals surface area (Å²) in [4.78, 5) is 50.6. The van der Waals surface area contributed by atoms with Gasteiger partial charge in [0.15, 0.2) is 16.5 Å². The highest BCUT2D eigenvalue weighted by Crippen LogP contribution is 2.34. The van der Waals surface area contributed by atoms with Gasteiger partial charge in [-0.25, -0.2) is 19.8 Å². The molecule has 2 aromatic rings. The van der Waals surface area contributed by atoms with E-state index in [1.54, 1.807) is 29.4 Å². The molecule has 0 unspecified atom stereocenters. The molecule has 4 heterocycles. The van der Waals surface area contributed by atoms with Gasteiger partial charge in [0.2, 0.25) is 0 Å². The lowest BCUT2D eigenvalue weighted by atomic mass is 10.1. The number of rotatable bonds is 6. The van der Waals surface area contributed by atoms with Crippen LogP contribution in [-0.4, -0.2) is 74.8 Å². The smallest absolute Gasteiger partial charge is 0.354 e. The number of anilines is 1. The number of nitrogens with one attached hydrogen (secondary N) is 1. The maximum Gasteiger partial charge on any atom is 0.354 e. The standard InChI is InChI=1S/C18H17N7O5S/c1-30-23-13(12-8-31-18(19)22-12)15(26)21-11-7-24-6-9(10-4-2-3-5-20-10)14(17(28)29)25(24)16(11)27/h2-5,8,11H,6-7H2,1H3,(H2,19,22)(H,21,26)(H,28,29)/t11-/m1/s1. The number of nitrogen functional groups attached to an aromatic ring is 1. The lowest BCUT2D eigenvalue weighted by molar-refractivity contribution is -0.143. The molecule has 2 aromatic heterocycles. The molecule has 4 rings (SSSR count). The molecule has 12 nitrogen and oxygen atoms in total. The van der Waals surface area contributed by atoms with Crippen LogP contribution in [0.15, 0.2) is 40.6 Å². The number of aromatic nitrogens is 2. The zero-order chi connectivity index (χ0) is 22.1. The van der Waals surface area contributed by atoms with Crippen molar-refractivity contribution in [1.82, 2.24) is 25.3 Å². The van der Waals surface area contributed by atoms with Gasteiger partial charge in [-0.3, -0.25) is 14.6 Å². The van der Waals surface area contributed by atoms with Crippen LogP contribution < -0.4 is 11.1 Å². The normalized spacial score (nSPS) is 19.0. The topological polar surface area (TPSA) is 163 Å². The van der Waals surface area contributed by atoms with Crippen molar-refractivity contribution in [3.05, 3.63) is 46.9 Å². The monoisotopic (exact) mass is 443 g/mol. The summed E-state index contributed by atoms with van der Waals surface area (Å²) in [7, 11) is 1.27. The van der Waals surface area contributed by atoms with Crippen molar-refractivity contribution in [2.24, 2.45) is 5.16 Å². The average molecular weight is 443 g/mol. The van der Waals surface area contributed by atoms with Crippen molar-refractivity contribution in [2.45, 2.75) is 6.04 Å². The van der Waals surface area contributed by atoms with Crippen molar-refractivity contribution in [1.29, 1.82) is 0 Å². The highest BCUT2D eigenvalue weighted by molar-refractivity contribution is 7.13. The van der Waals surface area contributed by atoms with Gasteiger partial charge < -0.3 is 21.0 Å². The number of carboxylic acid groups (broad SMARTS) is 1. The van der Waals surface area contributed by atoms with Crippen molar-refractivity contribution in [3.63, 3.8) is 0 Å². The Morgan fingerprint density at radius 1 is 1.42 bits per heavy atom. The Morgan fingerprint density at radius 3 is 2.84 bits per heavy atom. The number of aliphatic carboxylic acids is 1. The first kappa shape index (κ1) is 20.4. The Morgan fingerprint density at radius 2 is 2.23 bits per heavy atom. The van der Waals surface area contributed by atoms with Gasteiger partial charge in [-0.15, -0.1) is 11.3 Å². The third-order valence-corrected chi connectivity index (χ3v) is 5.34. The maximum atomic E-state index is 13.0. The SMILES string of the molecule is CON=C(C(=O)N[C@@H]1CN2CC(c3ccccn3)=C(C(=O)O)N2C1=O)c1csc(N)n1.